The van der Waals surface area contributed by atoms with Gasteiger partial charge in [0.15, 0.2) is 5.15 Å². The number of nitrogens with one attached hydrogen (secondary N) is 1. The molecule has 1 aromatic rings. The summed E-state index contributed by atoms with van der Waals surface area (Å²) in [6, 6.07) is 1.91. The van der Waals surface area contributed by atoms with Crippen molar-refractivity contribution in [2.45, 2.75) is 19.4 Å². The van der Waals surface area contributed by atoms with Gasteiger partial charge < -0.3 is 10.4 Å². The molecule has 0 aliphatic heterocycles. The fraction of sp³-hybridized carbons (Fsp3) is 0.500. The molecule has 0 unspecified atom stereocenters. The molecule has 1 atom stereocenters. The van der Waals surface area contributed by atoms with Crippen LogP contribution in [-0.4, -0.2) is 22.1 Å². The van der Waals surface area contributed by atoms with Crippen molar-refractivity contribution in [3.8, 4) is 6.07 Å². The molecule has 14 heavy (non-hydrogen) atoms. The highest BCUT2D eigenvalue weighted by Gasteiger charge is 2.14. The summed E-state index contributed by atoms with van der Waals surface area (Å²) in [5.74, 6) is 0. The standard InChI is InChI=1S/C8H10ClN3OS/c1-2-5(4-13)11-8-6(3-10)7(9)12-14-8/h5,11,13H,2,4H2,1H3/t5-/m1/s1. The first-order valence-electron chi connectivity index (χ1n) is 4.15. The summed E-state index contributed by atoms with van der Waals surface area (Å²) in [6.07, 6.45) is 0.775. The molecule has 0 fully saturated rings. The van der Waals surface area contributed by atoms with Crippen molar-refractivity contribution >= 4 is 28.1 Å². The van der Waals surface area contributed by atoms with Crippen molar-refractivity contribution in [2.75, 3.05) is 11.9 Å². The van der Waals surface area contributed by atoms with Crippen LogP contribution in [0.2, 0.25) is 5.15 Å². The van der Waals surface area contributed by atoms with Gasteiger partial charge in [0.25, 0.3) is 0 Å². The predicted molar refractivity (Wildman–Crippen MR) is 56.6 cm³/mol. The second-order valence-electron chi connectivity index (χ2n) is 2.72. The van der Waals surface area contributed by atoms with Gasteiger partial charge in [-0.05, 0) is 18.0 Å². The summed E-state index contributed by atoms with van der Waals surface area (Å²) in [6.45, 7) is 1.97. The van der Waals surface area contributed by atoms with Crippen LogP contribution in [0.25, 0.3) is 0 Å². The number of anilines is 1. The Bertz CT molecular complexity index is 343. The zero-order valence-corrected chi connectivity index (χ0v) is 9.19. The minimum atomic E-state index is -0.0568. The summed E-state index contributed by atoms with van der Waals surface area (Å²) in [4.78, 5) is 0. The highest BCUT2D eigenvalue weighted by Crippen LogP contribution is 2.28. The van der Waals surface area contributed by atoms with Gasteiger partial charge in [-0.2, -0.15) is 9.64 Å². The second-order valence-corrected chi connectivity index (χ2v) is 3.85. The van der Waals surface area contributed by atoms with E-state index in [1.807, 2.05) is 13.0 Å². The quantitative estimate of drug-likeness (QED) is 0.830. The van der Waals surface area contributed by atoms with Gasteiger partial charge in [-0.1, -0.05) is 18.5 Å². The first-order chi connectivity index (χ1) is 6.72. The zero-order chi connectivity index (χ0) is 10.6. The third-order valence-electron chi connectivity index (χ3n) is 1.81. The lowest BCUT2D eigenvalue weighted by Gasteiger charge is -2.13. The normalized spacial score (nSPS) is 12.1. The molecule has 0 amide bonds. The Labute approximate surface area is 91.3 Å². The van der Waals surface area contributed by atoms with Crippen LogP contribution in [0.5, 0.6) is 0 Å². The lowest BCUT2D eigenvalue weighted by molar-refractivity contribution is 0.272. The van der Waals surface area contributed by atoms with Gasteiger partial charge >= 0.3 is 0 Å². The minimum Gasteiger partial charge on any atom is -0.394 e. The molecule has 1 aromatic heterocycles. The first-order valence-corrected chi connectivity index (χ1v) is 5.30. The van der Waals surface area contributed by atoms with Crippen molar-refractivity contribution in [3.63, 3.8) is 0 Å². The van der Waals surface area contributed by atoms with E-state index in [-0.39, 0.29) is 17.8 Å². The molecule has 2 N–H and O–H groups in total. The van der Waals surface area contributed by atoms with Crippen LogP contribution in [0.3, 0.4) is 0 Å². The van der Waals surface area contributed by atoms with E-state index < -0.39 is 0 Å². The first kappa shape index (κ1) is 11.2. The molecule has 76 valence electrons. The highest BCUT2D eigenvalue weighted by molar-refractivity contribution is 7.10. The number of halogens is 1. The van der Waals surface area contributed by atoms with Crippen molar-refractivity contribution < 1.29 is 5.11 Å². The molecule has 6 heteroatoms. The van der Waals surface area contributed by atoms with E-state index in [0.29, 0.717) is 10.6 Å². The van der Waals surface area contributed by atoms with Gasteiger partial charge in [0.05, 0.1) is 6.61 Å². The molecule has 0 saturated heterocycles. The van der Waals surface area contributed by atoms with Gasteiger partial charge in [0, 0.05) is 6.04 Å². The van der Waals surface area contributed by atoms with Gasteiger partial charge in [-0.25, -0.2) is 0 Å². The lowest BCUT2D eigenvalue weighted by Crippen LogP contribution is -2.22. The average Bonchev–Trinajstić information content (AvgIpc) is 2.55. The summed E-state index contributed by atoms with van der Waals surface area (Å²) in [5.41, 5.74) is 0.351. The van der Waals surface area contributed by atoms with Crippen LogP contribution in [0, 0.1) is 11.3 Å². The fourth-order valence-corrected chi connectivity index (χ4v) is 1.94. The molecule has 4 nitrogen and oxygen atoms in total. The maximum absolute atomic E-state index is 8.96. The SMILES string of the molecule is CC[C@H](CO)Nc1snc(Cl)c1C#N. The van der Waals surface area contributed by atoms with Crippen molar-refractivity contribution in [3.05, 3.63) is 10.7 Å². The molecule has 1 heterocycles. The Morgan fingerprint density at radius 1 is 1.79 bits per heavy atom. The third kappa shape index (κ3) is 2.35. The van der Waals surface area contributed by atoms with Crippen LogP contribution < -0.4 is 5.32 Å². The van der Waals surface area contributed by atoms with Gasteiger partial charge in [0.2, 0.25) is 0 Å². The van der Waals surface area contributed by atoms with E-state index in [4.69, 9.17) is 22.0 Å². The van der Waals surface area contributed by atoms with Crippen LogP contribution in [0.4, 0.5) is 5.00 Å². The Balaban J connectivity index is 2.81. The van der Waals surface area contributed by atoms with Gasteiger partial charge in [0.1, 0.15) is 16.6 Å². The fourth-order valence-electron chi connectivity index (χ4n) is 0.928. The van der Waals surface area contributed by atoms with Crippen LogP contribution >= 0.6 is 23.1 Å². The maximum atomic E-state index is 8.96. The minimum absolute atomic E-state index is 0.0247. The van der Waals surface area contributed by atoms with Crippen molar-refractivity contribution in [1.29, 1.82) is 5.26 Å². The van der Waals surface area contributed by atoms with E-state index in [2.05, 4.69) is 9.69 Å². The van der Waals surface area contributed by atoms with E-state index >= 15 is 0 Å². The Hall–Kier alpha value is -0.830. The molecular formula is C8H10ClN3OS. The molecule has 0 bridgehead atoms. The third-order valence-corrected chi connectivity index (χ3v) is 2.96. The topological polar surface area (TPSA) is 68.9 Å². The highest BCUT2D eigenvalue weighted by atomic mass is 35.5. The largest absolute Gasteiger partial charge is 0.394 e. The smallest absolute Gasteiger partial charge is 0.162 e. The van der Waals surface area contributed by atoms with Gasteiger partial charge in [-0.15, -0.1) is 0 Å². The molecule has 1 rings (SSSR count). The van der Waals surface area contributed by atoms with Crippen molar-refractivity contribution in [2.24, 2.45) is 0 Å². The number of nitriles is 1. The van der Waals surface area contributed by atoms with E-state index in [9.17, 15) is 0 Å². The lowest BCUT2D eigenvalue weighted by atomic mass is 10.2. The number of hydrogen-bond donors (Lipinski definition) is 2. The summed E-state index contributed by atoms with van der Waals surface area (Å²) < 4.78 is 3.85. The van der Waals surface area contributed by atoms with Crippen molar-refractivity contribution in [1.82, 2.24) is 4.37 Å². The number of hydrogen-bond acceptors (Lipinski definition) is 5. The van der Waals surface area contributed by atoms with Crippen LogP contribution in [0.1, 0.15) is 18.9 Å². The average molecular weight is 232 g/mol. The summed E-state index contributed by atoms with van der Waals surface area (Å²) >= 11 is 6.82. The number of aromatic nitrogens is 1. The second kappa shape index (κ2) is 5.15. The molecule has 0 aliphatic rings. The van der Waals surface area contributed by atoms with Crippen LogP contribution in [-0.2, 0) is 0 Å². The number of nitrogens with zero attached hydrogens (tertiary/aromatic N) is 2. The van der Waals surface area contributed by atoms with E-state index in [1.165, 1.54) is 0 Å². The molecule has 0 aliphatic carbocycles. The Morgan fingerprint density at radius 2 is 2.50 bits per heavy atom. The summed E-state index contributed by atoms with van der Waals surface area (Å²) in [7, 11) is 0. The molecule has 0 spiro atoms. The monoisotopic (exact) mass is 231 g/mol. The van der Waals surface area contributed by atoms with Crippen LogP contribution in [0.15, 0.2) is 0 Å². The van der Waals surface area contributed by atoms with E-state index in [1.54, 1.807) is 0 Å². The predicted octanol–water partition coefficient (Wildman–Crippen LogP) is 1.85. The Kier molecular flexibility index (Phi) is 4.14. The molecule has 0 radical (unpaired) electrons. The number of rotatable bonds is 4. The molecular weight excluding hydrogens is 222 g/mol. The zero-order valence-electron chi connectivity index (χ0n) is 7.62. The molecule has 0 saturated carbocycles. The van der Waals surface area contributed by atoms with E-state index in [0.717, 1.165) is 18.0 Å². The number of aliphatic hydroxyl groups is 1. The maximum Gasteiger partial charge on any atom is 0.162 e. The van der Waals surface area contributed by atoms with Gasteiger partial charge in [-0.3, -0.25) is 0 Å². The molecule has 0 aromatic carbocycles. The summed E-state index contributed by atoms with van der Waals surface area (Å²) in [5, 5.41) is 21.6. The number of aliphatic hydroxyl groups excluding tert-OH is 1. The Morgan fingerprint density at radius 3 is 3.00 bits per heavy atom.